The van der Waals surface area contributed by atoms with Gasteiger partial charge in [0.15, 0.2) is 0 Å². The molecule has 0 saturated carbocycles. The van der Waals surface area contributed by atoms with Crippen LogP contribution in [0.1, 0.15) is 25.0 Å². The molecule has 35 heavy (non-hydrogen) atoms. The lowest BCUT2D eigenvalue weighted by atomic mass is 9.80. The Bertz CT molecular complexity index is 1950. The maximum absolute atomic E-state index is 5.04. The first-order valence-electron chi connectivity index (χ1n) is 12.2. The molecule has 1 aliphatic rings. The molecular weight excluding hydrogens is 426 g/mol. The van der Waals surface area contributed by atoms with Crippen molar-refractivity contribution in [3.8, 4) is 17.1 Å². The van der Waals surface area contributed by atoms with Crippen LogP contribution in [0.5, 0.6) is 0 Å². The molecule has 0 atom stereocenters. The summed E-state index contributed by atoms with van der Waals surface area (Å²) < 4.78 is 2.34. The van der Waals surface area contributed by atoms with Crippen LogP contribution in [-0.4, -0.2) is 14.5 Å². The van der Waals surface area contributed by atoms with Crippen molar-refractivity contribution in [1.82, 2.24) is 14.5 Å². The van der Waals surface area contributed by atoms with Crippen molar-refractivity contribution in [2.45, 2.75) is 19.3 Å². The van der Waals surface area contributed by atoms with Gasteiger partial charge in [-0.05, 0) is 45.8 Å². The lowest BCUT2D eigenvalue weighted by Crippen LogP contribution is -2.15. The molecule has 0 saturated heterocycles. The van der Waals surface area contributed by atoms with Crippen LogP contribution < -0.4 is 0 Å². The Morgan fingerprint density at radius 2 is 1.49 bits per heavy atom. The highest BCUT2D eigenvalue weighted by Gasteiger charge is 2.37. The third kappa shape index (κ3) is 2.33. The van der Waals surface area contributed by atoms with Crippen molar-refractivity contribution in [2.75, 3.05) is 0 Å². The number of hydrogen-bond donors (Lipinski definition) is 1. The van der Waals surface area contributed by atoms with E-state index in [0.29, 0.717) is 0 Å². The molecule has 1 N–H and O–H groups in total. The largest absolute Gasteiger partial charge is 0.323 e. The summed E-state index contributed by atoms with van der Waals surface area (Å²) in [5, 5.41) is 5.08. The first kappa shape index (κ1) is 19.0. The van der Waals surface area contributed by atoms with Gasteiger partial charge in [0.2, 0.25) is 5.95 Å². The molecule has 1 aliphatic carbocycles. The number of imidazole rings is 1. The van der Waals surface area contributed by atoms with Gasteiger partial charge in [-0.25, -0.2) is 4.98 Å². The van der Waals surface area contributed by atoms with Crippen LogP contribution >= 0.6 is 0 Å². The lowest BCUT2D eigenvalue weighted by molar-refractivity contribution is 0.666. The lowest BCUT2D eigenvalue weighted by Gasteiger charge is -2.24. The Kier molecular flexibility index (Phi) is 3.47. The Labute approximate surface area is 202 Å². The molecule has 0 radical (unpaired) electrons. The quantitative estimate of drug-likeness (QED) is 0.270. The monoisotopic (exact) mass is 449 g/mol. The van der Waals surface area contributed by atoms with Gasteiger partial charge in [-0.2, -0.15) is 0 Å². The molecule has 0 fully saturated rings. The minimum Gasteiger partial charge on any atom is -0.323 e. The Balaban J connectivity index is 1.62. The van der Waals surface area contributed by atoms with Crippen LogP contribution in [0.2, 0.25) is 0 Å². The first-order valence-corrected chi connectivity index (χ1v) is 12.2. The van der Waals surface area contributed by atoms with E-state index in [0.717, 1.165) is 17.0 Å². The standard InChI is InChI=1S/C32H23N3/c1-32(2)24-11-5-3-9-20(24)22-17-15-19-16-18-23-21-10-4-8-14-27(21)35(30(23)28(19)29(22)32)31-33-25-12-6-7-13-26(25)34-31/h3-18H,1-2H3,(H,33,34). The van der Waals surface area contributed by atoms with Gasteiger partial charge < -0.3 is 4.98 Å². The molecule has 0 spiro atoms. The van der Waals surface area contributed by atoms with E-state index >= 15 is 0 Å². The van der Waals surface area contributed by atoms with Gasteiger partial charge in [0.1, 0.15) is 0 Å². The van der Waals surface area contributed by atoms with Gasteiger partial charge >= 0.3 is 0 Å². The molecule has 7 aromatic rings. The summed E-state index contributed by atoms with van der Waals surface area (Å²) in [7, 11) is 0. The number of rotatable bonds is 1. The first-order chi connectivity index (χ1) is 17.1. The van der Waals surface area contributed by atoms with Crippen molar-refractivity contribution in [3.05, 3.63) is 108 Å². The number of nitrogens with zero attached hydrogens (tertiary/aromatic N) is 2. The molecule has 0 bridgehead atoms. The molecule has 5 aromatic carbocycles. The maximum Gasteiger partial charge on any atom is 0.213 e. The van der Waals surface area contributed by atoms with Crippen LogP contribution in [-0.2, 0) is 5.41 Å². The highest BCUT2D eigenvalue weighted by molar-refractivity contribution is 6.21. The van der Waals surface area contributed by atoms with E-state index in [1.165, 1.54) is 54.8 Å². The predicted octanol–water partition coefficient (Wildman–Crippen LogP) is 8.12. The number of hydrogen-bond acceptors (Lipinski definition) is 1. The molecule has 0 unspecified atom stereocenters. The van der Waals surface area contributed by atoms with Crippen LogP contribution in [0.4, 0.5) is 0 Å². The Hall–Kier alpha value is -4.37. The van der Waals surface area contributed by atoms with Gasteiger partial charge in [-0.1, -0.05) is 92.7 Å². The maximum atomic E-state index is 5.04. The van der Waals surface area contributed by atoms with Crippen LogP contribution in [0.25, 0.3) is 60.7 Å². The molecule has 2 heterocycles. The number of fused-ring (bicyclic) bond motifs is 10. The molecule has 8 rings (SSSR count). The normalized spacial score (nSPS) is 14.2. The number of nitrogens with one attached hydrogen (secondary N) is 1. The second-order valence-electron chi connectivity index (χ2n) is 10.1. The third-order valence-corrected chi connectivity index (χ3v) is 7.92. The smallest absolute Gasteiger partial charge is 0.213 e. The van der Waals surface area contributed by atoms with Crippen molar-refractivity contribution >= 4 is 43.6 Å². The van der Waals surface area contributed by atoms with E-state index in [4.69, 9.17) is 4.98 Å². The summed E-state index contributed by atoms with van der Waals surface area (Å²) >= 11 is 0. The second-order valence-corrected chi connectivity index (χ2v) is 10.1. The van der Waals surface area contributed by atoms with Gasteiger partial charge in [-0.3, -0.25) is 4.57 Å². The number of H-pyrrole nitrogens is 1. The summed E-state index contributed by atoms with van der Waals surface area (Å²) in [6, 6.07) is 35.0. The predicted molar refractivity (Wildman–Crippen MR) is 146 cm³/mol. The van der Waals surface area contributed by atoms with E-state index < -0.39 is 0 Å². The average Bonchev–Trinajstić information content (AvgIpc) is 3.53. The molecular formula is C32H23N3. The third-order valence-electron chi connectivity index (χ3n) is 7.92. The fourth-order valence-electron chi connectivity index (χ4n) is 6.40. The Morgan fingerprint density at radius 3 is 2.40 bits per heavy atom. The fourth-order valence-corrected chi connectivity index (χ4v) is 6.40. The zero-order valence-electron chi connectivity index (χ0n) is 19.6. The molecule has 2 aromatic heterocycles. The summed E-state index contributed by atoms with van der Waals surface area (Å²) in [6.45, 7) is 4.73. The zero-order chi connectivity index (χ0) is 23.3. The highest BCUT2D eigenvalue weighted by Crippen LogP contribution is 2.53. The minimum absolute atomic E-state index is 0.102. The molecule has 3 nitrogen and oxygen atoms in total. The van der Waals surface area contributed by atoms with Crippen molar-refractivity contribution in [3.63, 3.8) is 0 Å². The summed E-state index contributed by atoms with van der Waals surface area (Å²) in [5.74, 6) is 0.857. The zero-order valence-corrected chi connectivity index (χ0v) is 19.6. The van der Waals surface area contributed by atoms with Crippen molar-refractivity contribution < 1.29 is 0 Å². The average molecular weight is 450 g/mol. The molecule has 3 heteroatoms. The van der Waals surface area contributed by atoms with E-state index in [9.17, 15) is 0 Å². The van der Waals surface area contributed by atoms with Gasteiger partial charge in [-0.15, -0.1) is 0 Å². The summed E-state index contributed by atoms with van der Waals surface area (Å²) in [4.78, 5) is 8.64. The molecule has 0 aliphatic heterocycles. The van der Waals surface area contributed by atoms with Crippen molar-refractivity contribution in [2.24, 2.45) is 0 Å². The molecule has 0 amide bonds. The van der Waals surface area contributed by atoms with E-state index in [2.05, 4.69) is 114 Å². The number of benzene rings is 5. The van der Waals surface area contributed by atoms with Gasteiger partial charge in [0.25, 0.3) is 0 Å². The second kappa shape index (κ2) is 6.39. The van der Waals surface area contributed by atoms with E-state index in [1.54, 1.807) is 0 Å². The highest BCUT2D eigenvalue weighted by atomic mass is 15.2. The summed E-state index contributed by atoms with van der Waals surface area (Å²) in [5.41, 5.74) is 9.80. The molecule has 166 valence electrons. The topological polar surface area (TPSA) is 33.6 Å². The van der Waals surface area contributed by atoms with Crippen LogP contribution in [0.15, 0.2) is 97.1 Å². The fraction of sp³-hybridized carbons (Fsp3) is 0.0938. The summed E-state index contributed by atoms with van der Waals surface area (Å²) in [6.07, 6.45) is 0. The number of aromatic amines is 1. The Morgan fingerprint density at radius 1 is 0.714 bits per heavy atom. The van der Waals surface area contributed by atoms with E-state index in [-0.39, 0.29) is 5.41 Å². The van der Waals surface area contributed by atoms with E-state index in [1.807, 2.05) is 6.07 Å². The van der Waals surface area contributed by atoms with Gasteiger partial charge in [0, 0.05) is 21.6 Å². The van der Waals surface area contributed by atoms with Gasteiger partial charge in [0.05, 0.1) is 22.1 Å². The van der Waals surface area contributed by atoms with Crippen molar-refractivity contribution in [1.29, 1.82) is 0 Å². The van der Waals surface area contributed by atoms with Crippen LogP contribution in [0.3, 0.4) is 0 Å². The number of aromatic nitrogens is 3. The number of para-hydroxylation sites is 3. The minimum atomic E-state index is -0.102. The van der Waals surface area contributed by atoms with Crippen LogP contribution in [0, 0.1) is 0 Å². The SMILES string of the molecule is CC1(C)c2ccccc2-c2ccc3ccc4c5ccccc5n(-c5nc6ccccc6[nH]5)c4c3c21.